The Labute approximate surface area is 243 Å². The van der Waals surface area contributed by atoms with Gasteiger partial charge in [0.1, 0.15) is 49.2 Å². The van der Waals surface area contributed by atoms with Gasteiger partial charge in [-0.15, -0.1) is 0 Å². The SMILES string of the molecule is CCC(=O)O.NC1C(O)OC(CO)[C@@H](O)[C@@H]1O.[N-]=[N+]=NCC(=O)NC1C(O)OC(CO)[C@@H](O)[C@@H]1O.[N-]=[N+]=[N-].[Na+]. The van der Waals surface area contributed by atoms with E-state index < -0.39 is 92.9 Å². The van der Waals surface area contributed by atoms with Gasteiger partial charge in [-0.3, -0.25) is 14.5 Å². The molecule has 2 heterocycles. The van der Waals surface area contributed by atoms with Gasteiger partial charge in [-0.25, -0.2) is 0 Å². The van der Waals surface area contributed by atoms with Crippen LogP contribution in [0.15, 0.2) is 5.11 Å². The molecule has 0 aliphatic carbocycles. The molecule has 0 radical (unpaired) electrons. The van der Waals surface area contributed by atoms with Crippen LogP contribution in [0.4, 0.5) is 0 Å². The molecule has 21 nitrogen and oxygen atoms in total. The van der Waals surface area contributed by atoms with Crippen LogP contribution in [0.5, 0.6) is 0 Å². The van der Waals surface area contributed by atoms with Crippen LogP contribution in [-0.4, -0.2) is 139 Å². The molecule has 10 atom stereocenters. The number of nitrogens with two attached hydrogens (primary N) is 1. The number of azide groups is 1. The summed E-state index contributed by atoms with van der Waals surface area (Å²) < 4.78 is 9.51. The van der Waals surface area contributed by atoms with Crippen molar-refractivity contribution in [2.75, 3.05) is 19.8 Å². The molecule has 1 amide bonds. The summed E-state index contributed by atoms with van der Waals surface area (Å²) in [5.41, 5.74) is 26.8. The Kier molecular flexibility index (Phi) is 24.4. The van der Waals surface area contributed by atoms with Crippen LogP contribution >= 0.6 is 0 Å². The summed E-state index contributed by atoms with van der Waals surface area (Å²) in [6.45, 7) is 0.0327. The van der Waals surface area contributed by atoms with Gasteiger partial charge in [0.15, 0.2) is 12.6 Å². The number of carbonyl (C=O) groups is 2. The van der Waals surface area contributed by atoms with Gasteiger partial charge in [0.2, 0.25) is 5.91 Å². The largest absolute Gasteiger partial charge is 1.00 e. The van der Waals surface area contributed by atoms with Gasteiger partial charge < -0.3 is 77.5 Å². The standard InChI is InChI=1S/C8H14N4O6.C6H13NO5.C3H6O2.N3.Na/c9-12-10-1-4(14)11-5-7(16)6(15)3(2-13)18-8(5)17;7-3-5(10)4(9)2(1-8)12-6(3)11;1-2-3(4)5;1-3-2;/h3,5-8,13,15-17H,1-2H2,(H,11,14);2-6,8-11H,1,7H2;2H2,1H3,(H,4,5);;/q;;;-1;+1/t3?,5?,6-,7-,8?;2?,3?,4-,5-,6?;;;/m11.../s1. The van der Waals surface area contributed by atoms with Crippen molar-refractivity contribution in [3.8, 4) is 0 Å². The number of aliphatic hydroxyl groups excluding tert-OH is 8. The van der Waals surface area contributed by atoms with E-state index in [0.717, 1.165) is 0 Å². The zero-order chi connectivity index (χ0) is 30.0. The van der Waals surface area contributed by atoms with Crippen molar-refractivity contribution in [3.63, 3.8) is 0 Å². The fourth-order valence-corrected chi connectivity index (χ4v) is 2.70. The van der Waals surface area contributed by atoms with E-state index in [1.165, 1.54) is 4.91 Å². The number of rotatable bonds is 6. The van der Waals surface area contributed by atoms with Crippen LogP contribution < -0.4 is 40.6 Å². The quantitative estimate of drug-likeness (QED) is 0.0601. The van der Waals surface area contributed by atoms with Crippen LogP contribution in [0, 0.1) is 0 Å². The van der Waals surface area contributed by atoms with E-state index in [1.54, 1.807) is 6.92 Å². The molecule has 12 N–H and O–H groups in total. The van der Waals surface area contributed by atoms with Crippen LogP contribution in [0.2, 0.25) is 0 Å². The van der Waals surface area contributed by atoms with Crippen molar-refractivity contribution >= 4 is 11.9 Å². The monoisotopic (exact) mass is 580 g/mol. The molecule has 2 aliphatic heterocycles. The van der Waals surface area contributed by atoms with E-state index >= 15 is 0 Å². The number of nitrogens with zero attached hydrogens (tertiary/aromatic N) is 6. The van der Waals surface area contributed by atoms with Gasteiger partial charge >= 0.3 is 35.5 Å². The number of hydrogen-bond acceptors (Lipinski definition) is 14. The molecule has 220 valence electrons. The molecule has 2 aliphatic rings. The van der Waals surface area contributed by atoms with E-state index in [4.69, 9.17) is 52.2 Å². The molecule has 0 bridgehead atoms. The molecule has 0 aromatic heterocycles. The van der Waals surface area contributed by atoms with Crippen LogP contribution in [0.25, 0.3) is 26.4 Å². The normalized spacial score (nSPS) is 32.8. The summed E-state index contributed by atoms with van der Waals surface area (Å²) in [7, 11) is 0. The number of ether oxygens (including phenoxy) is 2. The Morgan fingerprint density at radius 3 is 1.69 bits per heavy atom. The Hall–Kier alpha value is -1.88. The maximum Gasteiger partial charge on any atom is 1.00 e. The molecule has 6 unspecified atom stereocenters. The zero-order valence-corrected chi connectivity index (χ0v) is 23.0. The van der Waals surface area contributed by atoms with Crippen molar-refractivity contribution < 1.29 is 94.6 Å². The van der Waals surface area contributed by atoms with E-state index in [1.807, 2.05) is 0 Å². The number of carboxylic acid groups (broad SMARTS) is 1. The van der Waals surface area contributed by atoms with E-state index in [2.05, 4.69) is 15.3 Å². The molecule has 22 heteroatoms. The Bertz CT molecular complexity index is 785. The minimum atomic E-state index is -1.59. The maximum atomic E-state index is 11.2. The molecular formula is C17H33N8NaO13. The van der Waals surface area contributed by atoms with Crippen molar-refractivity contribution in [2.45, 2.75) is 74.6 Å². The average molecular weight is 580 g/mol. The number of aliphatic carboxylic acids is 1. The third-order valence-electron chi connectivity index (χ3n) is 4.76. The maximum absolute atomic E-state index is 11.2. The summed E-state index contributed by atoms with van der Waals surface area (Å²) in [5, 5.41) is 86.5. The van der Waals surface area contributed by atoms with Crippen molar-refractivity contribution in [1.82, 2.24) is 5.32 Å². The molecule has 0 aromatic rings. The van der Waals surface area contributed by atoms with E-state index in [9.17, 15) is 35.1 Å². The summed E-state index contributed by atoms with van der Waals surface area (Å²) in [4.78, 5) is 24.5. The molecule has 0 saturated carbocycles. The molecular weight excluding hydrogens is 547 g/mol. The second-order valence-electron chi connectivity index (χ2n) is 7.35. The van der Waals surface area contributed by atoms with Crippen LogP contribution in [-0.2, 0) is 19.1 Å². The predicted octanol–water partition coefficient (Wildman–Crippen LogP) is -7.69. The second-order valence-corrected chi connectivity index (χ2v) is 7.35. The third kappa shape index (κ3) is 15.5. The minimum absolute atomic E-state index is 0. The van der Waals surface area contributed by atoms with Crippen molar-refractivity contribution in [3.05, 3.63) is 26.4 Å². The summed E-state index contributed by atoms with van der Waals surface area (Å²) in [6.07, 6.45) is -10.3. The van der Waals surface area contributed by atoms with E-state index in [0.29, 0.717) is 0 Å². The Morgan fingerprint density at radius 1 is 0.897 bits per heavy atom. The van der Waals surface area contributed by atoms with Crippen molar-refractivity contribution in [2.24, 2.45) is 10.8 Å². The topological polar surface area (TPSA) is 380 Å². The molecule has 2 fully saturated rings. The first-order chi connectivity index (χ1) is 17.8. The molecule has 2 saturated heterocycles. The van der Waals surface area contributed by atoms with E-state index in [-0.39, 0.29) is 36.0 Å². The molecule has 2 rings (SSSR count). The molecule has 0 spiro atoms. The predicted molar refractivity (Wildman–Crippen MR) is 122 cm³/mol. The first-order valence-corrected chi connectivity index (χ1v) is 10.6. The van der Waals surface area contributed by atoms with Gasteiger partial charge in [0.05, 0.1) is 19.3 Å². The van der Waals surface area contributed by atoms with Crippen molar-refractivity contribution in [1.29, 1.82) is 0 Å². The van der Waals surface area contributed by atoms with Gasteiger partial charge in [0, 0.05) is 11.3 Å². The fourth-order valence-electron chi connectivity index (χ4n) is 2.70. The van der Waals surface area contributed by atoms with Gasteiger partial charge in [-0.1, -0.05) is 12.0 Å². The summed E-state index contributed by atoms with van der Waals surface area (Å²) in [5.74, 6) is -1.49. The summed E-state index contributed by atoms with van der Waals surface area (Å²) >= 11 is 0. The van der Waals surface area contributed by atoms with Gasteiger partial charge in [-0.05, 0) is 5.53 Å². The first-order valence-electron chi connectivity index (χ1n) is 10.6. The minimum Gasteiger partial charge on any atom is -0.481 e. The fraction of sp³-hybridized carbons (Fsp3) is 0.882. The number of hydrogen-bond donors (Lipinski definition) is 11. The molecule has 39 heavy (non-hydrogen) atoms. The van der Waals surface area contributed by atoms with Crippen LogP contribution in [0.1, 0.15) is 13.3 Å². The average Bonchev–Trinajstić information content (AvgIpc) is 2.89. The summed E-state index contributed by atoms with van der Waals surface area (Å²) in [6, 6.07) is -2.31. The number of carbonyl (C=O) groups excluding carboxylic acids is 1. The Morgan fingerprint density at radius 2 is 1.31 bits per heavy atom. The van der Waals surface area contributed by atoms with Gasteiger partial charge in [-0.2, -0.15) is 0 Å². The number of carboxylic acids is 1. The zero-order valence-electron chi connectivity index (χ0n) is 21.0. The number of nitrogens with one attached hydrogen (secondary N) is 1. The smallest absolute Gasteiger partial charge is 0.481 e. The Balaban J connectivity index is -0.000000531. The number of aliphatic hydroxyl groups is 8. The van der Waals surface area contributed by atoms with Crippen LogP contribution in [0.3, 0.4) is 0 Å². The molecule has 0 aromatic carbocycles. The third-order valence-corrected chi connectivity index (χ3v) is 4.76. The first kappa shape index (κ1) is 41.6. The second kappa shape index (κ2) is 22.9. The number of amides is 1. The van der Waals surface area contributed by atoms with Gasteiger partial charge in [0.25, 0.3) is 0 Å².